The van der Waals surface area contributed by atoms with Crippen molar-refractivity contribution in [3.63, 3.8) is 0 Å². The summed E-state index contributed by atoms with van der Waals surface area (Å²) >= 11 is 0. The lowest BCUT2D eigenvalue weighted by molar-refractivity contribution is -0.116. The Morgan fingerprint density at radius 2 is 1.62 bits per heavy atom. The van der Waals surface area contributed by atoms with Gasteiger partial charge in [-0.25, -0.2) is 0 Å². The molecule has 1 N–H and O–H groups in total. The summed E-state index contributed by atoms with van der Waals surface area (Å²) in [5.74, 6) is -0.0578. The van der Waals surface area contributed by atoms with Crippen LogP contribution in [0.2, 0.25) is 0 Å². The molecule has 1 heterocycles. The molecule has 0 fully saturated rings. The summed E-state index contributed by atoms with van der Waals surface area (Å²) in [7, 11) is 0. The van der Waals surface area contributed by atoms with E-state index >= 15 is 0 Å². The highest BCUT2D eigenvalue weighted by atomic mass is 16.1. The minimum atomic E-state index is -0.0671. The van der Waals surface area contributed by atoms with Crippen LogP contribution in [0, 0.1) is 6.92 Å². The summed E-state index contributed by atoms with van der Waals surface area (Å²) in [5, 5.41) is 2.93. The fourth-order valence-corrected chi connectivity index (χ4v) is 3.07. The number of hydrogen-bond acceptors (Lipinski definition) is 2. The topological polar surface area (TPSA) is 51.1 Å². The Hall–Kier alpha value is -3.14. The van der Waals surface area contributed by atoms with Crippen molar-refractivity contribution < 1.29 is 9.59 Å². The maximum atomic E-state index is 12.6. The third-order valence-electron chi connectivity index (χ3n) is 4.49. The zero-order chi connectivity index (χ0) is 18.5. The number of carbonyl (C=O) groups is 2. The van der Waals surface area contributed by atoms with Crippen molar-refractivity contribution in [2.45, 2.75) is 26.3 Å². The molecule has 0 radical (unpaired) electrons. The van der Waals surface area contributed by atoms with Crippen LogP contribution in [0.1, 0.15) is 40.9 Å². The third kappa shape index (κ3) is 4.09. The monoisotopic (exact) mass is 346 g/mol. The van der Waals surface area contributed by atoms with Gasteiger partial charge in [-0.15, -0.1) is 0 Å². The van der Waals surface area contributed by atoms with Crippen LogP contribution in [0.4, 0.5) is 5.69 Å². The molecule has 0 saturated heterocycles. The molecule has 1 aromatic heterocycles. The van der Waals surface area contributed by atoms with E-state index in [0.717, 1.165) is 11.1 Å². The smallest absolute Gasteiger partial charge is 0.226 e. The molecule has 26 heavy (non-hydrogen) atoms. The Labute approximate surface area is 153 Å². The van der Waals surface area contributed by atoms with Crippen LogP contribution < -0.4 is 5.32 Å². The second-order valence-corrected chi connectivity index (χ2v) is 6.39. The second kappa shape index (κ2) is 7.83. The Balaban J connectivity index is 1.78. The summed E-state index contributed by atoms with van der Waals surface area (Å²) in [6.07, 6.45) is 4.28. The predicted octanol–water partition coefficient (Wildman–Crippen LogP) is 4.62. The van der Waals surface area contributed by atoms with Crippen LogP contribution in [0.25, 0.3) is 0 Å². The first-order valence-corrected chi connectivity index (χ1v) is 8.63. The molecule has 4 heteroatoms. The zero-order valence-electron chi connectivity index (χ0n) is 15.0. The maximum Gasteiger partial charge on any atom is 0.226 e. The Kier molecular flexibility index (Phi) is 5.32. The van der Waals surface area contributed by atoms with Gasteiger partial charge in [0.15, 0.2) is 5.78 Å². The van der Waals surface area contributed by atoms with Crippen molar-refractivity contribution in [1.82, 2.24) is 4.57 Å². The van der Waals surface area contributed by atoms with Gasteiger partial charge in [0.2, 0.25) is 5.91 Å². The van der Waals surface area contributed by atoms with Crippen LogP contribution in [0.15, 0.2) is 73.1 Å². The van der Waals surface area contributed by atoms with E-state index in [1.54, 1.807) is 24.3 Å². The number of benzene rings is 2. The lowest BCUT2D eigenvalue weighted by Gasteiger charge is -2.21. The average Bonchev–Trinajstić information content (AvgIpc) is 3.15. The summed E-state index contributed by atoms with van der Waals surface area (Å²) in [6.45, 7) is 3.59. The van der Waals surface area contributed by atoms with Gasteiger partial charge >= 0.3 is 0 Å². The number of amides is 1. The molecule has 3 rings (SSSR count). The van der Waals surface area contributed by atoms with Crippen molar-refractivity contribution in [1.29, 1.82) is 0 Å². The summed E-state index contributed by atoms with van der Waals surface area (Å²) in [4.78, 5) is 24.0. The van der Waals surface area contributed by atoms with Crippen LogP contribution >= 0.6 is 0 Å². The molecular formula is C22H22N2O2. The predicted molar refractivity (Wildman–Crippen MR) is 103 cm³/mol. The van der Waals surface area contributed by atoms with E-state index in [0.29, 0.717) is 17.7 Å². The van der Waals surface area contributed by atoms with Crippen molar-refractivity contribution in [2.75, 3.05) is 5.32 Å². The average molecular weight is 346 g/mol. The Bertz CT molecular complexity index is 896. The van der Waals surface area contributed by atoms with Gasteiger partial charge in [0.25, 0.3) is 0 Å². The number of Topliss-reactive ketones (excluding diaryl/α,β-unsaturated/α-hetero) is 1. The fraction of sp³-hybridized carbons (Fsp3) is 0.182. The normalized spacial score (nSPS) is 11.8. The number of rotatable bonds is 6. The molecule has 0 saturated carbocycles. The largest absolute Gasteiger partial charge is 0.346 e. The molecule has 3 aromatic rings. The Morgan fingerprint density at radius 3 is 2.23 bits per heavy atom. The number of ketones is 1. The van der Waals surface area contributed by atoms with Gasteiger partial charge in [0, 0.05) is 23.6 Å². The SMILES string of the molecule is CC(=O)c1ccc(NC(=O)C[C@H](c2ccccc2C)n2cccc2)cc1. The minimum Gasteiger partial charge on any atom is -0.346 e. The lowest BCUT2D eigenvalue weighted by Crippen LogP contribution is -2.20. The molecular weight excluding hydrogens is 324 g/mol. The first kappa shape index (κ1) is 17.7. The lowest BCUT2D eigenvalue weighted by atomic mass is 9.98. The first-order chi connectivity index (χ1) is 12.5. The first-order valence-electron chi connectivity index (χ1n) is 8.63. The molecule has 0 aliphatic rings. The molecule has 1 amide bonds. The summed E-state index contributed by atoms with van der Waals surface area (Å²) in [6, 6.07) is 18.9. The van der Waals surface area contributed by atoms with Gasteiger partial charge in [0.1, 0.15) is 0 Å². The maximum absolute atomic E-state index is 12.6. The highest BCUT2D eigenvalue weighted by molar-refractivity contribution is 5.95. The molecule has 4 nitrogen and oxygen atoms in total. The number of anilines is 1. The van der Waals surface area contributed by atoms with E-state index in [2.05, 4.69) is 28.9 Å². The molecule has 0 aliphatic carbocycles. The van der Waals surface area contributed by atoms with E-state index in [-0.39, 0.29) is 17.7 Å². The molecule has 0 unspecified atom stereocenters. The van der Waals surface area contributed by atoms with Gasteiger partial charge < -0.3 is 9.88 Å². The van der Waals surface area contributed by atoms with Crippen LogP contribution in [0.5, 0.6) is 0 Å². The fourth-order valence-electron chi connectivity index (χ4n) is 3.07. The number of nitrogens with zero attached hydrogens (tertiary/aromatic N) is 1. The zero-order valence-corrected chi connectivity index (χ0v) is 15.0. The molecule has 132 valence electrons. The summed E-state index contributed by atoms with van der Waals surface area (Å²) < 4.78 is 2.06. The highest BCUT2D eigenvalue weighted by Gasteiger charge is 2.19. The van der Waals surface area contributed by atoms with E-state index in [1.807, 2.05) is 36.7 Å². The van der Waals surface area contributed by atoms with E-state index < -0.39 is 0 Å². The number of aromatic nitrogens is 1. The van der Waals surface area contributed by atoms with Gasteiger partial charge in [0.05, 0.1) is 12.5 Å². The molecule has 1 atom stereocenters. The quantitative estimate of drug-likeness (QED) is 0.662. The van der Waals surface area contributed by atoms with Gasteiger partial charge in [-0.3, -0.25) is 9.59 Å². The minimum absolute atomic E-state index is 0.00935. The molecule has 2 aromatic carbocycles. The van der Waals surface area contributed by atoms with Crippen molar-refractivity contribution in [3.05, 3.63) is 89.7 Å². The number of hydrogen-bond donors (Lipinski definition) is 1. The van der Waals surface area contributed by atoms with Crippen LogP contribution in [0.3, 0.4) is 0 Å². The highest BCUT2D eigenvalue weighted by Crippen LogP contribution is 2.26. The van der Waals surface area contributed by atoms with Gasteiger partial charge in [-0.1, -0.05) is 24.3 Å². The van der Waals surface area contributed by atoms with Crippen molar-refractivity contribution in [2.24, 2.45) is 0 Å². The molecule has 0 bridgehead atoms. The van der Waals surface area contributed by atoms with Gasteiger partial charge in [-0.2, -0.15) is 0 Å². The Morgan fingerprint density at radius 1 is 0.962 bits per heavy atom. The van der Waals surface area contributed by atoms with Crippen molar-refractivity contribution in [3.8, 4) is 0 Å². The van der Waals surface area contributed by atoms with E-state index in [9.17, 15) is 9.59 Å². The molecule has 0 aliphatic heterocycles. The van der Waals surface area contributed by atoms with E-state index in [4.69, 9.17) is 0 Å². The summed E-state index contributed by atoms with van der Waals surface area (Å²) in [5.41, 5.74) is 3.61. The standard InChI is InChI=1S/C22H22N2O2/c1-16-7-3-4-8-20(16)21(24-13-5-6-14-24)15-22(26)23-19-11-9-18(10-12-19)17(2)25/h3-14,21H,15H2,1-2H3,(H,23,26)/t21-/m1/s1. The molecule has 0 spiro atoms. The second-order valence-electron chi connectivity index (χ2n) is 6.39. The number of aryl methyl sites for hydroxylation is 1. The number of nitrogens with one attached hydrogen (secondary N) is 1. The number of carbonyl (C=O) groups excluding carboxylic acids is 2. The van der Waals surface area contributed by atoms with Crippen LogP contribution in [-0.2, 0) is 4.79 Å². The van der Waals surface area contributed by atoms with Crippen molar-refractivity contribution >= 4 is 17.4 Å². The van der Waals surface area contributed by atoms with E-state index in [1.165, 1.54) is 6.92 Å². The third-order valence-corrected chi connectivity index (χ3v) is 4.49. The van der Waals surface area contributed by atoms with Gasteiger partial charge in [-0.05, 0) is 61.4 Å². The van der Waals surface area contributed by atoms with Crippen LogP contribution in [-0.4, -0.2) is 16.3 Å².